The number of esters is 1. The number of carbonyl (C=O) groups is 1. The zero-order valence-electron chi connectivity index (χ0n) is 14.4. The van der Waals surface area contributed by atoms with E-state index in [9.17, 15) is 4.79 Å². The quantitative estimate of drug-likeness (QED) is 0.584. The SMILES string of the molecule is COc1cc(C2=NC(=CN3CCOCC3)C(=O)O2)cc(OC)c1OC. The summed E-state index contributed by atoms with van der Waals surface area (Å²) in [6.45, 7) is 2.68. The van der Waals surface area contributed by atoms with Gasteiger partial charge in [0.05, 0.1) is 34.5 Å². The summed E-state index contributed by atoms with van der Waals surface area (Å²) in [6.07, 6.45) is 1.70. The Bertz CT molecular complexity index is 697. The lowest BCUT2D eigenvalue weighted by Gasteiger charge is -2.24. The van der Waals surface area contributed by atoms with Crippen LogP contribution in [0.15, 0.2) is 29.0 Å². The van der Waals surface area contributed by atoms with Crippen LogP contribution in [-0.4, -0.2) is 64.4 Å². The molecule has 0 aliphatic carbocycles. The maximum Gasteiger partial charge on any atom is 0.365 e. The van der Waals surface area contributed by atoms with Gasteiger partial charge < -0.3 is 28.6 Å². The van der Waals surface area contributed by atoms with Gasteiger partial charge in [-0.25, -0.2) is 9.79 Å². The summed E-state index contributed by atoms with van der Waals surface area (Å²) in [5.41, 5.74) is 0.818. The summed E-state index contributed by atoms with van der Waals surface area (Å²) < 4.78 is 26.5. The minimum absolute atomic E-state index is 0.198. The average Bonchev–Trinajstić information content (AvgIpc) is 3.01. The Labute approximate surface area is 145 Å². The maximum absolute atomic E-state index is 12.1. The second-order valence-electron chi connectivity index (χ2n) is 5.38. The van der Waals surface area contributed by atoms with Crippen molar-refractivity contribution >= 4 is 11.9 Å². The number of ether oxygens (including phenoxy) is 5. The molecule has 1 saturated heterocycles. The molecule has 8 nitrogen and oxygen atoms in total. The predicted octanol–water partition coefficient (Wildman–Crippen LogP) is 1.19. The molecule has 0 amide bonds. The number of nitrogens with zero attached hydrogens (tertiary/aromatic N) is 2. The second-order valence-corrected chi connectivity index (χ2v) is 5.38. The number of hydrogen-bond donors (Lipinski definition) is 0. The van der Waals surface area contributed by atoms with E-state index in [4.69, 9.17) is 23.7 Å². The Morgan fingerprint density at radius 2 is 1.72 bits per heavy atom. The van der Waals surface area contributed by atoms with Crippen LogP contribution >= 0.6 is 0 Å². The number of morpholine rings is 1. The van der Waals surface area contributed by atoms with Crippen molar-refractivity contribution in [1.29, 1.82) is 0 Å². The summed E-state index contributed by atoms with van der Waals surface area (Å²) in [7, 11) is 4.57. The van der Waals surface area contributed by atoms with E-state index in [2.05, 4.69) is 4.99 Å². The molecule has 0 unspecified atom stereocenters. The molecule has 1 aromatic carbocycles. The number of hydrogen-bond acceptors (Lipinski definition) is 8. The van der Waals surface area contributed by atoms with E-state index < -0.39 is 5.97 Å². The Morgan fingerprint density at radius 3 is 2.28 bits per heavy atom. The van der Waals surface area contributed by atoms with Gasteiger partial charge in [-0.3, -0.25) is 0 Å². The molecule has 134 valence electrons. The third-order valence-corrected chi connectivity index (χ3v) is 3.88. The first-order valence-corrected chi connectivity index (χ1v) is 7.81. The average molecular weight is 348 g/mol. The molecule has 0 atom stereocenters. The van der Waals surface area contributed by atoms with Crippen molar-refractivity contribution in [2.75, 3.05) is 47.6 Å². The molecule has 8 heteroatoms. The van der Waals surface area contributed by atoms with Crippen molar-refractivity contribution in [3.8, 4) is 17.2 Å². The van der Waals surface area contributed by atoms with Gasteiger partial charge in [-0.1, -0.05) is 0 Å². The van der Waals surface area contributed by atoms with Crippen LogP contribution in [0.5, 0.6) is 17.2 Å². The molecule has 25 heavy (non-hydrogen) atoms. The van der Waals surface area contributed by atoms with Gasteiger partial charge in [0.15, 0.2) is 17.2 Å². The van der Waals surface area contributed by atoms with Crippen molar-refractivity contribution in [1.82, 2.24) is 4.90 Å². The first-order valence-electron chi connectivity index (χ1n) is 7.81. The van der Waals surface area contributed by atoms with Crippen molar-refractivity contribution in [2.24, 2.45) is 4.99 Å². The summed E-state index contributed by atoms with van der Waals surface area (Å²) in [5.74, 6) is 1.09. The fourth-order valence-electron chi connectivity index (χ4n) is 2.61. The Morgan fingerprint density at radius 1 is 1.08 bits per heavy atom. The van der Waals surface area contributed by atoms with Gasteiger partial charge in [-0.05, 0) is 12.1 Å². The topological polar surface area (TPSA) is 78.8 Å². The first-order chi connectivity index (χ1) is 12.2. The minimum Gasteiger partial charge on any atom is -0.493 e. The zero-order valence-corrected chi connectivity index (χ0v) is 14.4. The fourth-order valence-corrected chi connectivity index (χ4v) is 2.61. The molecule has 0 spiro atoms. The maximum atomic E-state index is 12.1. The van der Waals surface area contributed by atoms with Crippen LogP contribution in [0.4, 0.5) is 0 Å². The fraction of sp³-hybridized carbons (Fsp3) is 0.412. The van der Waals surface area contributed by atoms with E-state index in [1.165, 1.54) is 21.3 Å². The van der Waals surface area contributed by atoms with Crippen molar-refractivity contribution < 1.29 is 28.5 Å². The summed E-state index contributed by atoms with van der Waals surface area (Å²) in [5, 5.41) is 0. The van der Waals surface area contributed by atoms with Gasteiger partial charge in [-0.2, -0.15) is 0 Å². The highest BCUT2D eigenvalue weighted by molar-refractivity contribution is 6.11. The molecule has 0 N–H and O–H groups in total. The Balaban J connectivity index is 1.92. The van der Waals surface area contributed by atoms with Crippen LogP contribution in [0.2, 0.25) is 0 Å². The third kappa shape index (κ3) is 3.53. The molecule has 0 saturated carbocycles. The van der Waals surface area contributed by atoms with Crippen LogP contribution in [0, 0.1) is 0 Å². The van der Waals surface area contributed by atoms with Crippen LogP contribution in [0.25, 0.3) is 0 Å². The number of methoxy groups -OCH3 is 3. The van der Waals surface area contributed by atoms with Gasteiger partial charge >= 0.3 is 5.97 Å². The largest absolute Gasteiger partial charge is 0.493 e. The highest BCUT2D eigenvalue weighted by Gasteiger charge is 2.27. The first kappa shape index (κ1) is 17.1. The predicted molar refractivity (Wildman–Crippen MR) is 89.2 cm³/mol. The minimum atomic E-state index is -0.491. The van der Waals surface area contributed by atoms with E-state index in [0.29, 0.717) is 49.1 Å². The van der Waals surface area contributed by atoms with Gasteiger partial charge in [0.25, 0.3) is 0 Å². The van der Waals surface area contributed by atoms with Crippen molar-refractivity contribution in [2.45, 2.75) is 0 Å². The molecule has 3 rings (SSSR count). The normalized spacial score (nSPS) is 18.8. The second kappa shape index (κ2) is 7.43. The molecular weight excluding hydrogens is 328 g/mol. The standard InChI is InChI=1S/C17H20N2O6/c1-21-13-8-11(9-14(22-2)15(13)23-3)16-18-12(17(20)25-16)10-19-4-6-24-7-5-19/h8-10H,4-7H2,1-3H3. The molecule has 0 radical (unpaired) electrons. The van der Waals surface area contributed by atoms with E-state index >= 15 is 0 Å². The zero-order chi connectivity index (χ0) is 17.8. The number of benzene rings is 1. The lowest BCUT2D eigenvalue weighted by Crippen LogP contribution is -2.32. The van der Waals surface area contributed by atoms with Crippen LogP contribution in [-0.2, 0) is 14.3 Å². The number of rotatable bonds is 5. The molecule has 2 aliphatic heterocycles. The van der Waals surface area contributed by atoms with Gasteiger partial charge in [0.2, 0.25) is 11.6 Å². The molecule has 2 heterocycles. The molecule has 1 fully saturated rings. The summed E-state index contributed by atoms with van der Waals surface area (Å²) in [6, 6.07) is 3.37. The Kier molecular flexibility index (Phi) is 5.08. The van der Waals surface area contributed by atoms with Crippen LogP contribution < -0.4 is 14.2 Å². The summed E-state index contributed by atoms with van der Waals surface area (Å²) >= 11 is 0. The highest BCUT2D eigenvalue weighted by atomic mass is 16.6. The molecule has 1 aromatic rings. The van der Waals surface area contributed by atoms with Gasteiger partial charge in [0, 0.05) is 24.9 Å². The molecule has 0 bridgehead atoms. The summed E-state index contributed by atoms with van der Waals surface area (Å²) in [4.78, 5) is 18.4. The van der Waals surface area contributed by atoms with Crippen molar-refractivity contribution in [3.05, 3.63) is 29.6 Å². The molecular formula is C17H20N2O6. The third-order valence-electron chi connectivity index (χ3n) is 3.88. The van der Waals surface area contributed by atoms with E-state index in [-0.39, 0.29) is 11.6 Å². The smallest absolute Gasteiger partial charge is 0.365 e. The van der Waals surface area contributed by atoms with Crippen LogP contribution in [0.3, 0.4) is 0 Å². The lowest BCUT2D eigenvalue weighted by atomic mass is 10.2. The van der Waals surface area contributed by atoms with E-state index in [0.717, 1.165) is 0 Å². The lowest BCUT2D eigenvalue weighted by molar-refractivity contribution is -0.130. The number of carbonyl (C=O) groups excluding carboxylic acids is 1. The molecule has 0 aromatic heterocycles. The highest BCUT2D eigenvalue weighted by Crippen LogP contribution is 2.39. The number of cyclic esters (lactones) is 1. The van der Waals surface area contributed by atoms with Gasteiger partial charge in [-0.15, -0.1) is 0 Å². The Hall–Kier alpha value is -2.74. The molecule has 2 aliphatic rings. The van der Waals surface area contributed by atoms with E-state index in [1.54, 1.807) is 18.3 Å². The van der Waals surface area contributed by atoms with Crippen molar-refractivity contribution in [3.63, 3.8) is 0 Å². The monoisotopic (exact) mass is 348 g/mol. The van der Waals surface area contributed by atoms with Crippen LogP contribution in [0.1, 0.15) is 5.56 Å². The van der Waals surface area contributed by atoms with E-state index in [1.807, 2.05) is 4.90 Å². The van der Waals surface area contributed by atoms with Gasteiger partial charge in [0.1, 0.15) is 0 Å². The number of aliphatic imine (C=N–C) groups is 1.